The molecule has 28 heavy (non-hydrogen) atoms. The summed E-state index contributed by atoms with van der Waals surface area (Å²) >= 11 is 0. The summed E-state index contributed by atoms with van der Waals surface area (Å²) in [5, 5.41) is 2.96. The van der Waals surface area contributed by atoms with Crippen LogP contribution >= 0.6 is 0 Å². The summed E-state index contributed by atoms with van der Waals surface area (Å²) in [6.45, 7) is 2.74. The molecular formula is C24H24N2O2. The van der Waals surface area contributed by atoms with Gasteiger partial charge in [-0.1, -0.05) is 30.3 Å². The van der Waals surface area contributed by atoms with Crippen molar-refractivity contribution in [2.24, 2.45) is 0 Å². The first kappa shape index (κ1) is 18.1. The third-order valence-corrected chi connectivity index (χ3v) is 4.96. The summed E-state index contributed by atoms with van der Waals surface area (Å²) in [6.07, 6.45) is 2.51. The molecule has 4 nitrogen and oxygen atoms in total. The molecule has 0 radical (unpaired) electrons. The number of amides is 1. The highest BCUT2D eigenvalue weighted by Crippen LogP contribution is 2.22. The molecule has 142 valence electrons. The number of ether oxygens (including phenoxy) is 1. The molecule has 3 aromatic carbocycles. The number of carbonyl (C=O) groups is 1. The van der Waals surface area contributed by atoms with E-state index in [9.17, 15) is 4.79 Å². The van der Waals surface area contributed by atoms with E-state index in [2.05, 4.69) is 22.3 Å². The maximum Gasteiger partial charge on any atom is 0.255 e. The summed E-state index contributed by atoms with van der Waals surface area (Å²) in [5.41, 5.74) is 3.74. The fourth-order valence-corrected chi connectivity index (χ4v) is 3.38. The molecule has 1 N–H and O–H groups in total. The fourth-order valence-electron chi connectivity index (χ4n) is 3.38. The molecule has 0 aromatic heterocycles. The Morgan fingerprint density at radius 3 is 2.21 bits per heavy atom. The van der Waals surface area contributed by atoms with Crippen LogP contribution in [0.2, 0.25) is 0 Å². The lowest BCUT2D eigenvalue weighted by molar-refractivity contribution is 0.102. The zero-order valence-electron chi connectivity index (χ0n) is 15.8. The fraction of sp³-hybridized carbons (Fsp3) is 0.208. The Kier molecular flexibility index (Phi) is 5.57. The SMILES string of the molecule is O=C(Nc1ccc(N2CCCC2)cc1)c1ccc(OCc2ccccc2)cc1. The van der Waals surface area contributed by atoms with Crippen molar-refractivity contribution in [2.75, 3.05) is 23.3 Å². The summed E-state index contributed by atoms with van der Waals surface area (Å²) in [4.78, 5) is 14.9. The van der Waals surface area contributed by atoms with Gasteiger partial charge in [0.2, 0.25) is 0 Å². The van der Waals surface area contributed by atoms with Gasteiger partial charge in [-0.05, 0) is 66.9 Å². The van der Waals surface area contributed by atoms with E-state index in [1.807, 2.05) is 54.6 Å². The van der Waals surface area contributed by atoms with Crippen LogP contribution in [-0.4, -0.2) is 19.0 Å². The molecule has 1 aliphatic rings. The molecule has 1 fully saturated rings. The standard InChI is InChI=1S/C24H24N2O2/c27-24(25-21-10-12-22(13-11-21)26-16-4-5-17-26)20-8-14-23(15-9-20)28-18-19-6-2-1-3-7-19/h1-3,6-15H,4-5,16-18H2,(H,25,27). The van der Waals surface area contributed by atoms with E-state index in [-0.39, 0.29) is 5.91 Å². The van der Waals surface area contributed by atoms with Crippen LogP contribution in [0.15, 0.2) is 78.9 Å². The molecule has 1 aliphatic heterocycles. The van der Waals surface area contributed by atoms with Crippen molar-refractivity contribution >= 4 is 17.3 Å². The first-order valence-corrected chi connectivity index (χ1v) is 9.71. The van der Waals surface area contributed by atoms with Crippen LogP contribution < -0.4 is 15.0 Å². The number of rotatable bonds is 6. The van der Waals surface area contributed by atoms with Crippen LogP contribution in [0.25, 0.3) is 0 Å². The van der Waals surface area contributed by atoms with Crippen LogP contribution in [0.1, 0.15) is 28.8 Å². The van der Waals surface area contributed by atoms with Crippen molar-refractivity contribution in [3.05, 3.63) is 90.0 Å². The monoisotopic (exact) mass is 372 g/mol. The molecule has 4 rings (SSSR count). The Balaban J connectivity index is 1.33. The van der Waals surface area contributed by atoms with E-state index < -0.39 is 0 Å². The second-order valence-corrected chi connectivity index (χ2v) is 6.99. The highest BCUT2D eigenvalue weighted by atomic mass is 16.5. The van der Waals surface area contributed by atoms with E-state index in [0.717, 1.165) is 30.1 Å². The van der Waals surface area contributed by atoms with Gasteiger partial charge in [0.05, 0.1) is 0 Å². The number of benzene rings is 3. The predicted octanol–water partition coefficient (Wildman–Crippen LogP) is 5.12. The van der Waals surface area contributed by atoms with Gasteiger partial charge in [-0.2, -0.15) is 0 Å². The van der Waals surface area contributed by atoms with Gasteiger partial charge in [-0.3, -0.25) is 4.79 Å². The largest absolute Gasteiger partial charge is 0.489 e. The first-order chi connectivity index (χ1) is 13.8. The topological polar surface area (TPSA) is 41.6 Å². The summed E-state index contributed by atoms with van der Waals surface area (Å²) < 4.78 is 5.77. The Hall–Kier alpha value is -3.27. The number of hydrogen-bond donors (Lipinski definition) is 1. The zero-order valence-corrected chi connectivity index (χ0v) is 15.8. The van der Waals surface area contributed by atoms with Gasteiger partial charge in [-0.15, -0.1) is 0 Å². The van der Waals surface area contributed by atoms with E-state index in [1.54, 1.807) is 12.1 Å². The third-order valence-electron chi connectivity index (χ3n) is 4.96. The number of carbonyl (C=O) groups excluding carboxylic acids is 1. The average Bonchev–Trinajstić information content (AvgIpc) is 3.29. The number of hydrogen-bond acceptors (Lipinski definition) is 3. The third kappa shape index (κ3) is 4.52. The Morgan fingerprint density at radius 2 is 1.54 bits per heavy atom. The molecule has 1 amide bonds. The normalized spacial score (nSPS) is 13.4. The molecule has 1 saturated heterocycles. The lowest BCUT2D eigenvalue weighted by Crippen LogP contribution is -2.17. The number of anilines is 2. The van der Waals surface area contributed by atoms with Gasteiger partial charge >= 0.3 is 0 Å². The first-order valence-electron chi connectivity index (χ1n) is 9.71. The summed E-state index contributed by atoms with van der Waals surface area (Å²) in [7, 11) is 0. The Bertz CT molecular complexity index is 900. The number of nitrogens with one attached hydrogen (secondary N) is 1. The Labute approximate surface area is 165 Å². The van der Waals surface area contributed by atoms with Gasteiger partial charge < -0.3 is 15.0 Å². The molecule has 1 heterocycles. The minimum Gasteiger partial charge on any atom is -0.489 e. The molecule has 0 atom stereocenters. The van der Waals surface area contributed by atoms with Crippen molar-refractivity contribution < 1.29 is 9.53 Å². The lowest BCUT2D eigenvalue weighted by atomic mass is 10.2. The van der Waals surface area contributed by atoms with Crippen LogP contribution in [0.4, 0.5) is 11.4 Å². The van der Waals surface area contributed by atoms with Crippen LogP contribution in [0.5, 0.6) is 5.75 Å². The van der Waals surface area contributed by atoms with Crippen LogP contribution in [0.3, 0.4) is 0 Å². The van der Waals surface area contributed by atoms with Gasteiger partial charge in [-0.25, -0.2) is 0 Å². The maximum atomic E-state index is 12.5. The lowest BCUT2D eigenvalue weighted by Gasteiger charge is -2.17. The summed E-state index contributed by atoms with van der Waals surface area (Å²) in [6, 6.07) is 25.3. The van der Waals surface area contributed by atoms with Crippen molar-refractivity contribution in [3.63, 3.8) is 0 Å². The van der Waals surface area contributed by atoms with Gasteiger partial charge in [0.1, 0.15) is 12.4 Å². The highest BCUT2D eigenvalue weighted by Gasteiger charge is 2.12. The predicted molar refractivity (Wildman–Crippen MR) is 113 cm³/mol. The van der Waals surface area contributed by atoms with Gasteiger partial charge in [0, 0.05) is 30.0 Å². The van der Waals surface area contributed by atoms with Gasteiger partial charge in [0.15, 0.2) is 0 Å². The molecule has 0 aliphatic carbocycles. The molecule has 0 bridgehead atoms. The van der Waals surface area contributed by atoms with Crippen molar-refractivity contribution in [3.8, 4) is 5.75 Å². The van der Waals surface area contributed by atoms with E-state index in [0.29, 0.717) is 12.2 Å². The molecule has 0 saturated carbocycles. The second-order valence-electron chi connectivity index (χ2n) is 6.99. The smallest absolute Gasteiger partial charge is 0.255 e. The zero-order chi connectivity index (χ0) is 19.2. The van der Waals surface area contributed by atoms with E-state index >= 15 is 0 Å². The van der Waals surface area contributed by atoms with Gasteiger partial charge in [0.25, 0.3) is 5.91 Å². The van der Waals surface area contributed by atoms with Crippen LogP contribution in [0, 0.1) is 0 Å². The van der Waals surface area contributed by atoms with E-state index in [1.165, 1.54) is 18.5 Å². The quantitative estimate of drug-likeness (QED) is 0.653. The molecule has 0 unspecified atom stereocenters. The number of nitrogens with zero attached hydrogens (tertiary/aromatic N) is 1. The minimum atomic E-state index is -0.122. The molecule has 3 aromatic rings. The molecule has 0 spiro atoms. The van der Waals surface area contributed by atoms with E-state index in [4.69, 9.17) is 4.74 Å². The Morgan fingerprint density at radius 1 is 0.857 bits per heavy atom. The van der Waals surface area contributed by atoms with Crippen molar-refractivity contribution in [1.82, 2.24) is 0 Å². The molecular weight excluding hydrogens is 348 g/mol. The summed E-state index contributed by atoms with van der Waals surface area (Å²) in [5.74, 6) is 0.624. The molecule has 4 heteroatoms. The highest BCUT2D eigenvalue weighted by molar-refractivity contribution is 6.04. The van der Waals surface area contributed by atoms with Crippen molar-refractivity contribution in [2.45, 2.75) is 19.4 Å². The minimum absolute atomic E-state index is 0.122. The second kappa shape index (κ2) is 8.61. The van der Waals surface area contributed by atoms with Crippen LogP contribution in [-0.2, 0) is 6.61 Å². The van der Waals surface area contributed by atoms with Crippen molar-refractivity contribution in [1.29, 1.82) is 0 Å². The maximum absolute atomic E-state index is 12.5. The average molecular weight is 372 g/mol.